The van der Waals surface area contributed by atoms with E-state index < -0.39 is 33.8 Å². The van der Waals surface area contributed by atoms with Crippen molar-refractivity contribution in [1.82, 2.24) is 5.32 Å². The highest BCUT2D eigenvalue weighted by Crippen LogP contribution is 2.34. The van der Waals surface area contributed by atoms with Gasteiger partial charge in [0.2, 0.25) is 5.91 Å². The summed E-state index contributed by atoms with van der Waals surface area (Å²) in [6, 6.07) is 3.14. The zero-order chi connectivity index (χ0) is 24.5. The lowest BCUT2D eigenvalue weighted by Crippen LogP contribution is -2.71. The first kappa shape index (κ1) is 31.0. The van der Waals surface area contributed by atoms with Gasteiger partial charge in [0.25, 0.3) is 0 Å². The van der Waals surface area contributed by atoms with Crippen LogP contribution in [0.4, 0.5) is 0 Å². The van der Waals surface area contributed by atoms with Crippen LogP contribution in [0.1, 0.15) is 60.3 Å². The third-order valence-electron chi connectivity index (χ3n) is 5.34. The molecule has 0 saturated heterocycles. The smallest absolute Gasteiger partial charge is 0.415 e. The van der Waals surface area contributed by atoms with Crippen molar-refractivity contribution in [2.24, 2.45) is 0 Å². The lowest BCUT2D eigenvalue weighted by atomic mass is 10.3. The van der Waals surface area contributed by atoms with Crippen molar-refractivity contribution in [1.29, 1.82) is 0 Å². The van der Waals surface area contributed by atoms with Gasteiger partial charge in [-0.2, -0.15) is 0 Å². The molecule has 0 spiro atoms. The van der Waals surface area contributed by atoms with Gasteiger partial charge in [0.15, 0.2) is 25.0 Å². The average molecular weight is 506 g/mol. The summed E-state index contributed by atoms with van der Waals surface area (Å²) in [5.74, 6) is -0.139. The first-order chi connectivity index (χ1) is 14.1. The van der Waals surface area contributed by atoms with E-state index in [4.69, 9.17) is 12.3 Å². The van der Waals surface area contributed by atoms with Crippen molar-refractivity contribution in [3.63, 3.8) is 0 Å². The van der Waals surface area contributed by atoms with Gasteiger partial charge in [0.1, 0.15) is 0 Å². The molecule has 0 aliphatic carbocycles. The van der Waals surface area contributed by atoms with Crippen LogP contribution >= 0.6 is 0 Å². The average Bonchev–Trinajstić information content (AvgIpc) is 2.57. The van der Waals surface area contributed by atoms with Crippen LogP contribution in [-0.2, 0) is 17.1 Å². The van der Waals surface area contributed by atoms with Gasteiger partial charge >= 0.3 is 8.80 Å². The number of carbonyl (C=O) groups excluding carboxylic acids is 1. The predicted molar refractivity (Wildman–Crippen MR) is 144 cm³/mol. The second-order valence-electron chi connectivity index (χ2n) is 10.7. The van der Waals surface area contributed by atoms with Gasteiger partial charge in [0.05, 0.1) is 5.67 Å². The predicted octanol–water partition coefficient (Wildman–Crippen LogP) is 6.83. The largest absolute Gasteiger partial charge is 0.493 e. The fourth-order valence-corrected chi connectivity index (χ4v) is 22.3. The fraction of sp³-hybridized carbons (Fsp3) is 0.864. The van der Waals surface area contributed by atoms with Crippen LogP contribution in [0, 0.1) is 0 Å². The highest BCUT2D eigenvalue weighted by Gasteiger charge is 2.57. The van der Waals surface area contributed by atoms with E-state index in [1.54, 1.807) is 6.92 Å². The first-order valence-corrected chi connectivity index (χ1v) is 23.3. The Kier molecular flexibility index (Phi) is 13.0. The van der Waals surface area contributed by atoms with E-state index in [1.807, 2.05) is 0 Å². The minimum Gasteiger partial charge on any atom is -0.415 e. The summed E-state index contributed by atoms with van der Waals surface area (Å²) in [5.41, 5.74) is 0.245. The van der Waals surface area contributed by atoms with Crippen molar-refractivity contribution in [2.75, 3.05) is 0 Å². The molecule has 5 nitrogen and oxygen atoms in total. The molecule has 0 radical (unpaired) electrons. The Morgan fingerprint density at radius 2 is 1.10 bits per heavy atom. The molecule has 0 heterocycles. The van der Waals surface area contributed by atoms with Crippen molar-refractivity contribution < 1.29 is 17.1 Å². The summed E-state index contributed by atoms with van der Waals surface area (Å²) in [6.07, 6.45) is 3.94. The van der Waals surface area contributed by atoms with E-state index in [0.29, 0.717) is 5.57 Å². The molecule has 0 aromatic rings. The second kappa shape index (κ2) is 13.0. The van der Waals surface area contributed by atoms with Crippen LogP contribution in [0.3, 0.4) is 0 Å². The van der Waals surface area contributed by atoms with Crippen molar-refractivity contribution in [3.05, 3.63) is 12.2 Å². The Bertz CT molecular complexity index is 532. The molecule has 0 aromatic heterocycles. The Morgan fingerprint density at radius 1 is 0.774 bits per heavy atom. The summed E-state index contributed by atoms with van der Waals surface area (Å²) < 4.78 is 21.4. The molecule has 184 valence electrons. The molecule has 0 rings (SSSR count). The highest BCUT2D eigenvalue weighted by molar-refractivity contribution is 6.91. The molecule has 0 aromatic carbocycles. The van der Waals surface area contributed by atoms with Gasteiger partial charge < -0.3 is 17.7 Å². The van der Waals surface area contributed by atoms with Crippen LogP contribution in [-0.4, -0.2) is 45.3 Å². The molecule has 9 heteroatoms. The molecule has 0 saturated carbocycles. The van der Waals surface area contributed by atoms with Gasteiger partial charge in [-0.05, 0) is 70.8 Å². The van der Waals surface area contributed by atoms with Crippen LogP contribution in [0.2, 0.25) is 57.4 Å². The van der Waals surface area contributed by atoms with Crippen LogP contribution in [0.5, 0.6) is 0 Å². The Hall–Kier alpha value is -0.0425. The van der Waals surface area contributed by atoms with Crippen LogP contribution in [0.15, 0.2) is 12.2 Å². The number of amides is 1. The lowest BCUT2D eigenvalue weighted by molar-refractivity contribution is -0.118. The van der Waals surface area contributed by atoms with Crippen molar-refractivity contribution in [2.45, 2.75) is 123 Å². The zero-order valence-electron chi connectivity index (χ0n) is 22.4. The van der Waals surface area contributed by atoms with Crippen molar-refractivity contribution >= 4 is 39.7 Å². The fourth-order valence-electron chi connectivity index (χ4n) is 4.11. The topological polar surface area (TPSA) is 56.8 Å². The molecule has 0 aliphatic rings. The summed E-state index contributed by atoms with van der Waals surface area (Å²) in [7, 11) is -9.42. The Morgan fingerprint density at radius 3 is 1.32 bits per heavy atom. The quantitative estimate of drug-likeness (QED) is 0.184. The van der Waals surface area contributed by atoms with Gasteiger partial charge in [-0.25, -0.2) is 0 Å². The molecule has 0 fully saturated rings. The monoisotopic (exact) mass is 505 g/mol. The van der Waals surface area contributed by atoms with Gasteiger partial charge in [0, 0.05) is 5.57 Å². The summed E-state index contributed by atoms with van der Waals surface area (Å²) in [4.78, 5) is 12.7. The van der Waals surface area contributed by atoms with E-state index in [9.17, 15) is 4.79 Å². The summed E-state index contributed by atoms with van der Waals surface area (Å²) >= 11 is 0. The van der Waals surface area contributed by atoms with E-state index in [2.05, 4.69) is 78.9 Å². The van der Waals surface area contributed by atoms with E-state index in [-0.39, 0.29) is 11.6 Å². The molecule has 1 unspecified atom stereocenters. The summed E-state index contributed by atoms with van der Waals surface area (Å²) in [6.45, 7) is 27.9. The van der Waals surface area contributed by atoms with E-state index in [0.717, 1.165) is 43.8 Å². The maximum Gasteiger partial charge on any atom is 0.493 e. The molecule has 0 aliphatic heterocycles. The van der Waals surface area contributed by atoms with Crippen LogP contribution in [0.25, 0.3) is 0 Å². The minimum atomic E-state index is -3.24. The molecule has 1 amide bonds. The third kappa shape index (κ3) is 11.1. The molecule has 1 atom stereocenters. The van der Waals surface area contributed by atoms with Crippen LogP contribution < -0.4 is 5.32 Å². The Labute approximate surface area is 197 Å². The van der Waals surface area contributed by atoms with Gasteiger partial charge in [-0.1, -0.05) is 53.5 Å². The molecule has 0 bridgehead atoms. The summed E-state index contributed by atoms with van der Waals surface area (Å²) in [5, 5.41) is 3.22. The highest BCUT2D eigenvalue weighted by atomic mass is 28.5. The SMILES string of the molecule is C=C(C)C(=O)NC(CC)[Si](O[Si](C)(C)CCC)(O[Si](C)(C)CCC)O[Si](C)(C)CCC. The molecular weight excluding hydrogens is 455 g/mol. The Balaban J connectivity index is 6.60. The molecular formula is C22H51NO4Si4. The number of nitrogens with one attached hydrogen (secondary N) is 1. The number of rotatable bonds is 16. The van der Waals surface area contributed by atoms with Crippen molar-refractivity contribution in [3.8, 4) is 0 Å². The second-order valence-corrected chi connectivity index (χ2v) is 27.1. The standard InChI is InChI=1S/C22H51NO4Si4/c1-13-17-28(7,8)25-31(26-29(9,10)18-14-2,27-30(11,12)19-15-3)21(16-4)23-22(24)20(5)6/h21H,5,13-19H2,1-4,6-12H3,(H,23,24). The normalized spacial score (nSPS) is 14.4. The lowest BCUT2D eigenvalue weighted by Gasteiger charge is -2.48. The van der Waals surface area contributed by atoms with E-state index in [1.165, 1.54) is 0 Å². The number of hydrogen-bond acceptors (Lipinski definition) is 4. The number of carbonyl (C=O) groups is 1. The first-order valence-electron chi connectivity index (χ1n) is 12.2. The zero-order valence-corrected chi connectivity index (χ0v) is 26.4. The molecule has 1 N–H and O–H groups in total. The molecule has 31 heavy (non-hydrogen) atoms. The van der Waals surface area contributed by atoms with E-state index >= 15 is 0 Å². The third-order valence-corrected chi connectivity index (χ3v) is 21.9. The number of hydrogen-bond donors (Lipinski definition) is 1. The maximum atomic E-state index is 12.7. The maximum absolute atomic E-state index is 12.7. The van der Waals surface area contributed by atoms with Gasteiger partial charge in [-0.3, -0.25) is 4.79 Å². The minimum absolute atomic E-state index is 0.139. The van der Waals surface area contributed by atoms with Gasteiger partial charge in [-0.15, -0.1) is 0 Å².